The minimum Gasteiger partial charge on any atom is -0.861 e. The summed E-state index contributed by atoms with van der Waals surface area (Å²) in [5, 5.41) is 11.1. The first-order valence-corrected chi connectivity index (χ1v) is 5.74. The van der Waals surface area contributed by atoms with Crippen LogP contribution in [0, 0.1) is 5.92 Å². The van der Waals surface area contributed by atoms with Gasteiger partial charge in [-0.25, -0.2) is 8.42 Å². The molecule has 0 unspecified atom stereocenters. The van der Waals surface area contributed by atoms with Crippen molar-refractivity contribution in [1.29, 1.82) is 0 Å². The van der Waals surface area contributed by atoms with Crippen molar-refractivity contribution in [3.63, 3.8) is 0 Å². The summed E-state index contributed by atoms with van der Waals surface area (Å²) in [6, 6.07) is 0. The van der Waals surface area contributed by atoms with Crippen LogP contribution >= 0.6 is 0 Å². The van der Waals surface area contributed by atoms with Gasteiger partial charge >= 0.3 is 0 Å². The van der Waals surface area contributed by atoms with Gasteiger partial charge in [0.25, 0.3) is 10.0 Å². The topological polar surface area (TPSA) is 69.6 Å². The minimum absolute atomic E-state index is 0.350. The van der Waals surface area contributed by atoms with Gasteiger partial charge in [0.2, 0.25) is 0 Å². The van der Waals surface area contributed by atoms with Gasteiger partial charge in [0.1, 0.15) is 0 Å². The van der Waals surface area contributed by atoms with Crippen molar-refractivity contribution in [2.45, 2.75) is 38.4 Å². The van der Waals surface area contributed by atoms with Gasteiger partial charge in [-0.05, 0) is 31.6 Å². The van der Waals surface area contributed by atoms with E-state index >= 15 is 0 Å². The highest BCUT2D eigenvalue weighted by molar-refractivity contribution is 7.91. The van der Waals surface area contributed by atoms with Gasteiger partial charge in [-0.3, -0.25) is 0 Å². The third kappa shape index (κ3) is 2.02. The second kappa shape index (κ2) is 2.97. The molecule has 0 bridgehead atoms. The van der Waals surface area contributed by atoms with Crippen molar-refractivity contribution in [2.24, 2.45) is 10.3 Å². The van der Waals surface area contributed by atoms with Gasteiger partial charge in [-0.15, -0.1) is 0 Å². The third-order valence-electron chi connectivity index (χ3n) is 2.28. The molecule has 1 fully saturated rings. The Labute approximate surface area is 78.7 Å². The number of hydrogen-bond acceptors (Lipinski definition) is 3. The Bertz CT molecular complexity index is 325. The van der Waals surface area contributed by atoms with Crippen molar-refractivity contribution in [2.75, 3.05) is 0 Å². The zero-order valence-electron chi connectivity index (χ0n) is 8.07. The molecule has 1 rings (SSSR count). The number of rotatable bonds is 3. The number of nitrogens with zero attached hydrogens (tertiary/aromatic N) is 1. The maximum atomic E-state index is 11.4. The molecule has 0 heterocycles. The molecule has 0 aromatic rings. The Morgan fingerprint density at radius 1 is 1.46 bits per heavy atom. The number of hydrogen-bond donors (Lipinski definition) is 0. The van der Waals surface area contributed by atoms with E-state index in [1.54, 1.807) is 20.8 Å². The van der Waals surface area contributed by atoms with Crippen LogP contribution in [0.5, 0.6) is 0 Å². The average Bonchev–Trinajstić information content (AvgIpc) is 2.68. The standard InChI is InChI=1S/C8H15NO3S/c1-6(2)7(10)9-13(11,12)8(3)4-5-8/h6H,4-5H2,1-3H3,(H,9,10)/p-1. The molecular weight excluding hydrogens is 190 g/mol. The van der Waals surface area contributed by atoms with Crippen LogP contribution in [0.15, 0.2) is 4.40 Å². The first kappa shape index (κ1) is 10.5. The maximum Gasteiger partial charge on any atom is 0.257 e. The fourth-order valence-corrected chi connectivity index (χ4v) is 2.05. The average molecular weight is 204 g/mol. The van der Waals surface area contributed by atoms with E-state index in [0.29, 0.717) is 12.8 Å². The zero-order chi connectivity index (χ0) is 10.3. The lowest BCUT2D eigenvalue weighted by molar-refractivity contribution is -0.222. The summed E-state index contributed by atoms with van der Waals surface area (Å²) in [5.74, 6) is -0.898. The smallest absolute Gasteiger partial charge is 0.257 e. The first-order valence-electron chi connectivity index (χ1n) is 4.30. The van der Waals surface area contributed by atoms with E-state index in [-0.39, 0.29) is 5.92 Å². The highest BCUT2D eigenvalue weighted by Gasteiger charge is 2.50. The van der Waals surface area contributed by atoms with E-state index < -0.39 is 20.7 Å². The van der Waals surface area contributed by atoms with Crippen molar-refractivity contribution in [1.82, 2.24) is 0 Å². The molecule has 0 amide bonds. The quantitative estimate of drug-likeness (QED) is 0.490. The van der Waals surface area contributed by atoms with Crippen LogP contribution in [0.1, 0.15) is 33.6 Å². The van der Waals surface area contributed by atoms with Crippen molar-refractivity contribution in [3.05, 3.63) is 0 Å². The van der Waals surface area contributed by atoms with Crippen LogP contribution in [0.3, 0.4) is 0 Å². The largest absolute Gasteiger partial charge is 0.861 e. The molecule has 1 saturated carbocycles. The Morgan fingerprint density at radius 2 is 1.92 bits per heavy atom. The molecule has 0 saturated heterocycles. The number of sulfonamides is 1. The second-order valence-electron chi connectivity index (χ2n) is 4.01. The fraction of sp³-hybridized carbons (Fsp3) is 0.875. The molecular formula is C8H14NO3S-. The van der Waals surface area contributed by atoms with E-state index in [1.165, 1.54) is 0 Å². The highest BCUT2D eigenvalue weighted by Crippen LogP contribution is 2.43. The summed E-state index contributed by atoms with van der Waals surface area (Å²) < 4.78 is 25.4. The van der Waals surface area contributed by atoms with E-state index in [1.807, 2.05) is 0 Å². The van der Waals surface area contributed by atoms with Crippen LogP contribution in [-0.4, -0.2) is 19.1 Å². The normalized spacial score (nSPS) is 22.0. The predicted molar refractivity (Wildman–Crippen MR) is 48.8 cm³/mol. The van der Waals surface area contributed by atoms with Crippen LogP contribution < -0.4 is 5.11 Å². The van der Waals surface area contributed by atoms with Crippen molar-refractivity contribution >= 4 is 15.9 Å². The minimum atomic E-state index is -3.56. The summed E-state index contributed by atoms with van der Waals surface area (Å²) in [4.78, 5) is 0. The Kier molecular flexibility index (Phi) is 2.40. The monoisotopic (exact) mass is 204 g/mol. The predicted octanol–water partition coefficient (Wildman–Crippen LogP) is 0.284. The van der Waals surface area contributed by atoms with Crippen LogP contribution in [0.2, 0.25) is 0 Å². The SMILES string of the molecule is CC(C)/C([O-])=N/S(=O)(=O)C1(C)CC1. The molecule has 0 aromatic heterocycles. The lowest BCUT2D eigenvalue weighted by Gasteiger charge is -2.15. The maximum absolute atomic E-state index is 11.4. The van der Waals surface area contributed by atoms with Gasteiger partial charge in [0.05, 0.1) is 4.75 Å². The van der Waals surface area contributed by atoms with Gasteiger partial charge < -0.3 is 5.11 Å². The van der Waals surface area contributed by atoms with Crippen LogP contribution in [0.4, 0.5) is 0 Å². The van der Waals surface area contributed by atoms with E-state index in [2.05, 4.69) is 4.40 Å². The summed E-state index contributed by atoms with van der Waals surface area (Å²) in [6.45, 7) is 4.90. The molecule has 76 valence electrons. The lowest BCUT2D eigenvalue weighted by Crippen LogP contribution is -2.28. The summed E-state index contributed by atoms with van der Waals surface area (Å²) in [7, 11) is -3.56. The van der Waals surface area contributed by atoms with Crippen molar-refractivity contribution in [3.8, 4) is 0 Å². The highest BCUT2D eigenvalue weighted by atomic mass is 32.2. The second-order valence-corrected chi connectivity index (χ2v) is 6.13. The first-order chi connectivity index (χ1) is 5.78. The molecule has 0 N–H and O–H groups in total. The van der Waals surface area contributed by atoms with Crippen LogP contribution in [0.25, 0.3) is 0 Å². The van der Waals surface area contributed by atoms with Gasteiger partial charge in [-0.2, -0.15) is 4.40 Å². The van der Waals surface area contributed by atoms with Crippen molar-refractivity contribution < 1.29 is 13.5 Å². The van der Waals surface area contributed by atoms with Gasteiger partial charge in [0, 0.05) is 0 Å². The van der Waals surface area contributed by atoms with Gasteiger partial charge in [0.15, 0.2) is 0 Å². The molecule has 13 heavy (non-hydrogen) atoms. The van der Waals surface area contributed by atoms with Gasteiger partial charge in [-0.1, -0.05) is 13.8 Å². The fourth-order valence-electron chi connectivity index (χ4n) is 0.768. The molecule has 4 nitrogen and oxygen atoms in total. The molecule has 0 aliphatic heterocycles. The molecule has 5 heteroatoms. The molecule has 0 atom stereocenters. The summed E-state index contributed by atoms with van der Waals surface area (Å²) >= 11 is 0. The molecule has 1 aliphatic rings. The van der Waals surface area contributed by atoms with E-state index in [9.17, 15) is 13.5 Å². The molecule has 0 aromatic carbocycles. The molecule has 1 aliphatic carbocycles. The Balaban J connectivity index is 2.90. The molecule has 0 radical (unpaired) electrons. The Morgan fingerprint density at radius 3 is 2.23 bits per heavy atom. The summed E-state index contributed by atoms with van der Waals surface area (Å²) in [6.07, 6.45) is 1.23. The third-order valence-corrected chi connectivity index (χ3v) is 4.35. The lowest BCUT2D eigenvalue weighted by atomic mass is 10.2. The zero-order valence-corrected chi connectivity index (χ0v) is 8.89. The summed E-state index contributed by atoms with van der Waals surface area (Å²) in [5.41, 5.74) is 0. The van der Waals surface area contributed by atoms with E-state index in [4.69, 9.17) is 0 Å². The molecule has 0 spiro atoms. The Hall–Kier alpha value is -0.580. The van der Waals surface area contributed by atoms with E-state index in [0.717, 1.165) is 0 Å². The van der Waals surface area contributed by atoms with Crippen LogP contribution in [-0.2, 0) is 10.0 Å².